The lowest BCUT2D eigenvalue weighted by atomic mass is 9.76. The topological polar surface area (TPSA) is 32.3 Å². The van der Waals surface area contributed by atoms with Crippen LogP contribution < -0.4 is 5.32 Å². The number of nitrogens with one attached hydrogen (secondary N) is 1. The van der Waals surface area contributed by atoms with Crippen molar-refractivity contribution in [3.63, 3.8) is 0 Å². The molecule has 3 aromatic rings. The summed E-state index contributed by atoms with van der Waals surface area (Å²) in [5, 5.41) is 17.9. The van der Waals surface area contributed by atoms with Crippen molar-refractivity contribution < 1.29 is 5.11 Å². The van der Waals surface area contributed by atoms with Gasteiger partial charge in [-0.25, -0.2) is 0 Å². The lowest BCUT2D eigenvalue weighted by molar-refractivity contribution is 0.405. The first-order chi connectivity index (χ1) is 12.6. The number of aromatic hydroxyl groups is 1. The summed E-state index contributed by atoms with van der Waals surface area (Å²) < 4.78 is 0. The molecule has 0 spiro atoms. The Balaban J connectivity index is 1.75. The van der Waals surface area contributed by atoms with Crippen molar-refractivity contribution in [2.45, 2.75) is 18.4 Å². The molecule has 4 heteroatoms. The second-order valence-corrected chi connectivity index (χ2v) is 7.83. The average Bonchev–Trinajstić information content (AvgIpc) is 3.14. The Bertz CT molecular complexity index is 1060. The average molecular weight is 382 g/mol. The molecule has 1 aliphatic heterocycles. The Morgan fingerprint density at radius 3 is 2.62 bits per heavy atom. The highest BCUT2D eigenvalue weighted by Gasteiger charge is 2.41. The van der Waals surface area contributed by atoms with E-state index >= 15 is 0 Å². The summed E-state index contributed by atoms with van der Waals surface area (Å²) in [5.74, 6) is 0.796. The van der Waals surface area contributed by atoms with E-state index in [2.05, 4.69) is 29.6 Å². The number of rotatable bonds is 1. The lowest BCUT2D eigenvalue weighted by Crippen LogP contribution is -2.29. The second-order valence-electron chi connectivity index (χ2n) is 7.01. The highest BCUT2D eigenvalue weighted by Crippen LogP contribution is 2.55. The van der Waals surface area contributed by atoms with Crippen molar-refractivity contribution in [2.24, 2.45) is 5.92 Å². The summed E-state index contributed by atoms with van der Waals surface area (Å²) in [6.07, 6.45) is 5.37. The van der Waals surface area contributed by atoms with E-state index in [0.717, 1.165) is 39.0 Å². The van der Waals surface area contributed by atoms with Crippen LogP contribution in [0.3, 0.4) is 0 Å². The van der Waals surface area contributed by atoms with E-state index in [1.54, 1.807) is 6.07 Å². The smallest absolute Gasteiger partial charge is 0.121 e. The minimum absolute atomic E-state index is 0.0374. The van der Waals surface area contributed by atoms with Gasteiger partial charge in [0, 0.05) is 22.1 Å². The summed E-state index contributed by atoms with van der Waals surface area (Å²) in [7, 11) is 0. The molecule has 2 nitrogen and oxygen atoms in total. The first-order valence-electron chi connectivity index (χ1n) is 8.77. The number of hydrogen-bond donors (Lipinski definition) is 2. The molecule has 0 bridgehead atoms. The third kappa shape index (κ3) is 2.26. The molecular weight excluding hydrogens is 365 g/mol. The van der Waals surface area contributed by atoms with Gasteiger partial charge in [0.15, 0.2) is 0 Å². The number of phenolic OH excluding ortho intramolecular Hbond substituents is 1. The van der Waals surface area contributed by atoms with Gasteiger partial charge in [0.2, 0.25) is 0 Å². The molecule has 0 saturated heterocycles. The molecule has 1 aliphatic carbocycles. The van der Waals surface area contributed by atoms with Crippen LogP contribution >= 0.6 is 23.2 Å². The maximum atomic E-state index is 10.7. The zero-order chi connectivity index (χ0) is 17.8. The first-order valence-corrected chi connectivity index (χ1v) is 9.52. The van der Waals surface area contributed by atoms with Crippen molar-refractivity contribution in [1.82, 2.24) is 0 Å². The zero-order valence-electron chi connectivity index (χ0n) is 13.9. The van der Waals surface area contributed by atoms with Gasteiger partial charge in [-0.1, -0.05) is 65.7 Å². The van der Waals surface area contributed by atoms with Gasteiger partial charge < -0.3 is 10.4 Å². The van der Waals surface area contributed by atoms with E-state index in [0.29, 0.717) is 10.8 Å². The summed E-state index contributed by atoms with van der Waals surface area (Å²) in [6, 6.07) is 15.6. The zero-order valence-corrected chi connectivity index (χ0v) is 15.4. The van der Waals surface area contributed by atoms with E-state index in [1.165, 1.54) is 0 Å². The van der Waals surface area contributed by atoms with Crippen LogP contribution in [0.5, 0.6) is 5.75 Å². The van der Waals surface area contributed by atoms with Crippen molar-refractivity contribution in [3.05, 3.63) is 81.9 Å². The molecule has 3 aromatic carbocycles. The fourth-order valence-corrected chi connectivity index (χ4v) is 5.03. The van der Waals surface area contributed by atoms with Gasteiger partial charge in [0.25, 0.3) is 0 Å². The third-order valence-corrected chi connectivity index (χ3v) is 6.32. The number of allylic oxidation sites excluding steroid dienone is 2. The largest absolute Gasteiger partial charge is 0.508 e. The van der Waals surface area contributed by atoms with Gasteiger partial charge in [0.1, 0.15) is 5.75 Å². The Kier molecular flexibility index (Phi) is 3.66. The number of anilines is 1. The van der Waals surface area contributed by atoms with Crippen LogP contribution in [-0.4, -0.2) is 5.11 Å². The molecule has 0 saturated carbocycles. The van der Waals surface area contributed by atoms with Gasteiger partial charge in [-0.15, -0.1) is 0 Å². The van der Waals surface area contributed by atoms with Crippen LogP contribution in [0.4, 0.5) is 5.69 Å². The highest BCUT2D eigenvalue weighted by atomic mass is 35.5. The number of phenols is 1. The van der Waals surface area contributed by atoms with Gasteiger partial charge in [-0.3, -0.25) is 0 Å². The summed E-state index contributed by atoms with van der Waals surface area (Å²) in [5.41, 5.74) is 2.88. The molecule has 0 fully saturated rings. The number of benzene rings is 3. The lowest BCUT2D eigenvalue weighted by Gasteiger charge is -2.39. The maximum absolute atomic E-state index is 10.7. The van der Waals surface area contributed by atoms with E-state index in [9.17, 15) is 5.11 Å². The minimum atomic E-state index is -0.0374. The molecule has 26 heavy (non-hydrogen) atoms. The quantitative estimate of drug-likeness (QED) is 0.460. The van der Waals surface area contributed by atoms with Gasteiger partial charge >= 0.3 is 0 Å². The highest BCUT2D eigenvalue weighted by molar-refractivity contribution is 6.36. The van der Waals surface area contributed by atoms with Crippen molar-refractivity contribution in [3.8, 4) is 5.75 Å². The maximum Gasteiger partial charge on any atom is 0.121 e. The minimum Gasteiger partial charge on any atom is -0.508 e. The van der Waals surface area contributed by atoms with Crippen LogP contribution in [0.15, 0.2) is 60.7 Å². The number of hydrogen-bond acceptors (Lipinski definition) is 2. The monoisotopic (exact) mass is 381 g/mol. The SMILES string of the molecule is Oc1ccc2ccccc2c1C1Nc2c(Cl)ccc(Cl)c2C2C=CCC21. The standard InChI is InChI=1S/C22H17Cl2NO/c23-16-9-10-17(24)22-19(16)14-6-3-7-15(14)21(25-22)20-13-5-2-1-4-12(13)8-11-18(20)26/h1-6,8-11,14-15,21,25-26H,7H2. The van der Waals surface area contributed by atoms with Crippen LogP contribution in [0, 0.1) is 5.92 Å². The molecular formula is C22H17Cl2NO. The Hall–Kier alpha value is -2.16. The molecule has 2 N–H and O–H groups in total. The molecule has 0 aromatic heterocycles. The predicted octanol–water partition coefficient (Wildman–Crippen LogP) is 6.68. The molecule has 0 amide bonds. The number of halogens is 2. The molecule has 3 unspecified atom stereocenters. The van der Waals surface area contributed by atoms with Crippen LogP contribution in [0.2, 0.25) is 10.0 Å². The molecule has 5 rings (SSSR count). The van der Waals surface area contributed by atoms with Crippen LogP contribution in [0.25, 0.3) is 10.8 Å². The molecule has 3 atom stereocenters. The number of fused-ring (bicyclic) bond motifs is 4. The molecule has 0 radical (unpaired) electrons. The Labute approximate surface area is 162 Å². The van der Waals surface area contributed by atoms with Crippen molar-refractivity contribution in [2.75, 3.05) is 5.32 Å². The van der Waals surface area contributed by atoms with Gasteiger partial charge in [-0.05, 0) is 41.3 Å². The third-order valence-electron chi connectivity index (χ3n) is 5.67. The fraction of sp³-hybridized carbons (Fsp3) is 0.182. The normalized spacial score (nSPS) is 23.5. The van der Waals surface area contributed by atoms with Crippen LogP contribution in [0.1, 0.15) is 29.5 Å². The van der Waals surface area contributed by atoms with Crippen molar-refractivity contribution >= 4 is 39.7 Å². The van der Waals surface area contributed by atoms with Gasteiger partial charge in [0.05, 0.1) is 16.8 Å². The first kappa shape index (κ1) is 16.0. The fourth-order valence-electron chi connectivity index (χ4n) is 4.53. The second kappa shape index (κ2) is 5.94. The van der Waals surface area contributed by atoms with E-state index in [4.69, 9.17) is 23.2 Å². The molecule has 2 aliphatic rings. The predicted molar refractivity (Wildman–Crippen MR) is 108 cm³/mol. The van der Waals surface area contributed by atoms with Gasteiger partial charge in [-0.2, -0.15) is 0 Å². The van der Waals surface area contributed by atoms with E-state index in [-0.39, 0.29) is 17.9 Å². The van der Waals surface area contributed by atoms with E-state index in [1.807, 2.05) is 30.3 Å². The van der Waals surface area contributed by atoms with E-state index < -0.39 is 0 Å². The Morgan fingerprint density at radius 1 is 0.923 bits per heavy atom. The summed E-state index contributed by atoms with van der Waals surface area (Å²) in [6.45, 7) is 0. The summed E-state index contributed by atoms with van der Waals surface area (Å²) in [4.78, 5) is 0. The van der Waals surface area contributed by atoms with Crippen LogP contribution in [-0.2, 0) is 0 Å². The molecule has 1 heterocycles. The van der Waals surface area contributed by atoms with Crippen molar-refractivity contribution in [1.29, 1.82) is 0 Å². The molecule has 130 valence electrons. The Morgan fingerprint density at radius 2 is 1.73 bits per heavy atom. The summed E-state index contributed by atoms with van der Waals surface area (Å²) >= 11 is 13.0.